The predicted octanol–water partition coefficient (Wildman–Crippen LogP) is 2.31. The number of aromatic amines is 1. The Morgan fingerprint density at radius 2 is 2.18 bits per heavy atom. The largest absolute Gasteiger partial charge is 0.370 e. The summed E-state index contributed by atoms with van der Waals surface area (Å²) in [5.74, 6) is 0.532. The van der Waals surface area contributed by atoms with E-state index in [4.69, 9.17) is 5.73 Å². The van der Waals surface area contributed by atoms with Gasteiger partial charge in [0.2, 0.25) is 0 Å². The molecule has 0 radical (unpaired) electrons. The minimum Gasteiger partial charge on any atom is -0.370 e. The molecule has 0 saturated carbocycles. The van der Waals surface area contributed by atoms with Gasteiger partial charge >= 0.3 is 0 Å². The first-order valence-electron chi connectivity index (χ1n) is 5.30. The van der Waals surface area contributed by atoms with Gasteiger partial charge in [-0.15, -0.1) is 0 Å². The van der Waals surface area contributed by atoms with Gasteiger partial charge in [0.05, 0.1) is 6.54 Å². The maximum atomic E-state index is 5.74. The van der Waals surface area contributed by atoms with E-state index < -0.39 is 0 Å². The molecule has 0 unspecified atom stereocenters. The van der Waals surface area contributed by atoms with Crippen LogP contribution in [0.15, 0.2) is 33.7 Å². The number of rotatable bonds is 2. The van der Waals surface area contributed by atoms with Gasteiger partial charge in [-0.25, -0.2) is 4.99 Å². The third-order valence-corrected chi connectivity index (χ3v) is 3.00. The van der Waals surface area contributed by atoms with Crippen LogP contribution in [-0.4, -0.2) is 29.9 Å². The number of hydrogen-bond donors (Lipinski definition) is 2. The van der Waals surface area contributed by atoms with Crippen molar-refractivity contribution >= 4 is 32.8 Å². The lowest BCUT2D eigenvalue weighted by Gasteiger charge is -2.09. The molecule has 0 fully saturated rings. The van der Waals surface area contributed by atoms with E-state index in [1.165, 1.54) is 5.39 Å². The van der Waals surface area contributed by atoms with E-state index in [1.54, 1.807) is 4.90 Å². The average Bonchev–Trinajstić information content (AvgIpc) is 2.67. The number of nitrogens with zero attached hydrogens (tertiary/aromatic N) is 2. The van der Waals surface area contributed by atoms with Crippen molar-refractivity contribution in [1.29, 1.82) is 0 Å². The number of fused-ring (bicyclic) bond motifs is 1. The number of benzene rings is 1. The topological polar surface area (TPSA) is 57.4 Å². The van der Waals surface area contributed by atoms with Crippen LogP contribution in [0.5, 0.6) is 0 Å². The number of guanidine groups is 1. The average molecular weight is 295 g/mol. The fourth-order valence-corrected chi connectivity index (χ4v) is 1.94. The van der Waals surface area contributed by atoms with Crippen LogP contribution in [0.25, 0.3) is 10.9 Å². The summed E-state index contributed by atoms with van der Waals surface area (Å²) in [6.45, 7) is 0.566. The summed E-state index contributed by atoms with van der Waals surface area (Å²) in [6, 6.07) is 8.23. The van der Waals surface area contributed by atoms with Gasteiger partial charge in [-0.1, -0.05) is 15.9 Å². The number of hydrogen-bond acceptors (Lipinski definition) is 1. The van der Waals surface area contributed by atoms with Crippen molar-refractivity contribution in [2.24, 2.45) is 10.7 Å². The molecule has 3 N–H and O–H groups in total. The highest BCUT2D eigenvalue weighted by Crippen LogP contribution is 2.20. The van der Waals surface area contributed by atoms with Crippen molar-refractivity contribution in [3.05, 3.63) is 34.4 Å². The molecule has 0 spiro atoms. The maximum Gasteiger partial charge on any atom is 0.191 e. The van der Waals surface area contributed by atoms with Crippen molar-refractivity contribution < 1.29 is 0 Å². The zero-order valence-corrected chi connectivity index (χ0v) is 11.5. The first-order chi connectivity index (χ1) is 8.06. The summed E-state index contributed by atoms with van der Waals surface area (Å²) in [7, 11) is 3.75. The molecule has 0 atom stereocenters. The summed E-state index contributed by atoms with van der Waals surface area (Å²) >= 11 is 3.45. The summed E-state index contributed by atoms with van der Waals surface area (Å²) in [5, 5.41) is 1.17. The third kappa shape index (κ3) is 2.79. The highest BCUT2D eigenvalue weighted by Gasteiger charge is 2.01. The van der Waals surface area contributed by atoms with Crippen LogP contribution in [0.1, 0.15) is 5.69 Å². The summed E-state index contributed by atoms with van der Waals surface area (Å²) in [5.41, 5.74) is 7.91. The molecule has 0 bridgehead atoms. The predicted molar refractivity (Wildman–Crippen MR) is 75.0 cm³/mol. The van der Waals surface area contributed by atoms with Crippen molar-refractivity contribution in [3.63, 3.8) is 0 Å². The van der Waals surface area contributed by atoms with Gasteiger partial charge in [-0.3, -0.25) is 0 Å². The number of nitrogens with one attached hydrogen (secondary N) is 1. The van der Waals surface area contributed by atoms with Crippen LogP contribution in [0.3, 0.4) is 0 Å². The monoisotopic (exact) mass is 294 g/mol. The Bertz CT molecular complexity index is 557. The molecule has 1 aromatic heterocycles. The molecule has 2 aromatic rings. The van der Waals surface area contributed by atoms with E-state index in [1.807, 2.05) is 26.2 Å². The maximum absolute atomic E-state index is 5.74. The third-order valence-electron chi connectivity index (χ3n) is 2.51. The molecular weight excluding hydrogens is 280 g/mol. The Hall–Kier alpha value is -1.49. The highest BCUT2D eigenvalue weighted by atomic mass is 79.9. The summed E-state index contributed by atoms with van der Waals surface area (Å²) in [6.07, 6.45) is 0. The van der Waals surface area contributed by atoms with Crippen LogP contribution in [0.4, 0.5) is 0 Å². The first kappa shape index (κ1) is 12.0. The zero-order valence-electron chi connectivity index (χ0n) is 9.87. The Kier molecular flexibility index (Phi) is 3.38. The van der Waals surface area contributed by atoms with Gasteiger partial charge in [0, 0.05) is 35.2 Å². The van der Waals surface area contributed by atoms with Crippen molar-refractivity contribution in [3.8, 4) is 0 Å². The summed E-state index contributed by atoms with van der Waals surface area (Å²) in [4.78, 5) is 9.39. The first-order valence-corrected chi connectivity index (χ1v) is 6.10. The van der Waals surface area contributed by atoms with Crippen molar-refractivity contribution in [2.45, 2.75) is 6.54 Å². The molecule has 0 aliphatic rings. The lowest BCUT2D eigenvalue weighted by Crippen LogP contribution is -2.30. The van der Waals surface area contributed by atoms with Crippen molar-refractivity contribution in [2.75, 3.05) is 14.1 Å². The number of aromatic nitrogens is 1. The molecule has 0 saturated heterocycles. The normalized spacial score (nSPS) is 12.1. The molecule has 17 heavy (non-hydrogen) atoms. The summed E-state index contributed by atoms with van der Waals surface area (Å²) < 4.78 is 1.08. The van der Waals surface area contributed by atoms with E-state index in [2.05, 4.69) is 38.0 Å². The van der Waals surface area contributed by atoms with Crippen LogP contribution in [-0.2, 0) is 6.54 Å². The molecule has 1 aromatic carbocycles. The molecule has 1 heterocycles. The lowest BCUT2D eigenvalue weighted by atomic mass is 10.2. The van der Waals surface area contributed by atoms with E-state index >= 15 is 0 Å². The molecule has 90 valence electrons. The quantitative estimate of drug-likeness (QED) is 0.660. The van der Waals surface area contributed by atoms with Gasteiger partial charge in [0.15, 0.2) is 5.96 Å². The number of nitrogens with two attached hydrogens (primary N) is 1. The van der Waals surface area contributed by atoms with E-state index in [0.717, 1.165) is 15.7 Å². The van der Waals surface area contributed by atoms with E-state index in [0.29, 0.717) is 12.5 Å². The smallest absolute Gasteiger partial charge is 0.191 e. The molecule has 5 heteroatoms. The molecule has 0 amide bonds. The molecule has 0 aliphatic heterocycles. The minimum absolute atomic E-state index is 0.532. The highest BCUT2D eigenvalue weighted by molar-refractivity contribution is 9.10. The SMILES string of the molecule is CN(C)C(N)=NCc1cc2cc(Br)ccc2[nH]1. The Balaban J connectivity index is 2.23. The lowest BCUT2D eigenvalue weighted by molar-refractivity contribution is 0.609. The van der Waals surface area contributed by atoms with Crippen LogP contribution < -0.4 is 5.73 Å². The second-order valence-electron chi connectivity index (χ2n) is 4.10. The Morgan fingerprint density at radius 3 is 2.88 bits per heavy atom. The number of halogens is 1. The fraction of sp³-hybridized carbons (Fsp3) is 0.250. The van der Waals surface area contributed by atoms with Crippen LogP contribution >= 0.6 is 15.9 Å². The van der Waals surface area contributed by atoms with Gasteiger partial charge in [-0.05, 0) is 24.3 Å². The van der Waals surface area contributed by atoms with Crippen LogP contribution in [0, 0.1) is 0 Å². The molecule has 4 nitrogen and oxygen atoms in total. The van der Waals surface area contributed by atoms with Gasteiger partial charge in [0.1, 0.15) is 0 Å². The van der Waals surface area contributed by atoms with Gasteiger partial charge in [-0.2, -0.15) is 0 Å². The van der Waals surface area contributed by atoms with Gasteiger partial charge < -0.3 is 15.6 Å². The Labute approximate surface area is 109 Å². The van der Waals surface area contributed by atoms with Crippen LogP contribution in [0.2, 0.25) is 0 Å². The number of aliphatic imine (C=N–C) groups is 1. The molecule has 0 aliphatic carbocycles. The Morgan fingerprint density at radius 1 is 1.41 bits per heavy atom. The molecular formula is C12H15BrN4. The van der Waals surface area contributed by atoms with Crippen molar-refractivity contribution in [1.82, 2.24) is 9.88 Å². The second-order valence-corrected chi connectivity index (χ2v) is 5.01. The zero-order chi connectivity index (χ0) is 12.4. The van der Waals surface area contributed by atoms with Gasteiger partial charge in [0.25, 0.3) is 0 Å². The number of H-pyrrole nitrogens is 1. The van der Waals surface area contributed by atoms with E-state index in [9.17, 15) is 0 Å². The molecule has 2 rings (SSSR count). The second kappa shape index (κ2) is 4.79. The van der Waals surface area contributed by atoms with E-state index in [-0.39, 0.29) is 0 Å². The standard InChI is InChI=1S/C12H15BrN4/c1-17(2)12(14)15-7-10-6-8-5-9(13)3-4-11(8)16-10/h3-6,16H,7H2,1-2H3,(H2,14,15). The minimum atomic E-state index is 0.532. The fourth-order valence-electron chi connectivity index (χ4n) is 1.56.